The van der Waals surface area contributed by atoms with Gasteiger partial charge in [-0.05, 0) is 57.1 Å². The number of halogens is 1. The number of ether oxygens (including phenoxy) is 1. The average Bonchev–Trinajstić information content (AvgIpc) is 2.63. The fourth-order valence-electron chi connectivity index (χ4n) is 2.79. The van der Waals surface area contributed by atoms with E-state index >= 15 is 0 Å². The van der Waals surface area contributed by atoms with Crippen molar-refractivity contribution >= 4 is 29.9 Å². The van der Waals surface area contributed by atoms with Gasteiger partial charge in [0.2, 0.25) is 0 Å². The monoisotopic (exact) mass is 476 g/mol. The molecule has 1 aromatic rings. The Balaban J connectivity index is 0.00000625. The zero-order valence-electron chi connectivity index (χ0n) is 17.1. The molecule has 1 N–H and O–H groups in total. The maximum absolute atomic E-state index is 5.49. The van der Waals surface area contributed by atoms with Crippen LogP contribution in [0.4, 0.5) is 0 Å². The van der Waals surface area contributed by atoms with E-state index in [2.05, 4.69) is 53.1 Å². The van der Waals surface area contributed by atoms with E-state index in [0.29, 0.717) is 6.61 Å². The molecule has 0 amide bonds. The zero-order valence-corrected chi connectivity index (χ0v) is 19.5. The number of hydrogen-bond donors (Lipinski definition) is 1. The van der Waals surface area contributed by atoms with Crippen LogP contribution in [0.25, 0.3) is 0 Å². The largest absolute Gasteiger partial charge is 0.494 e. The third-order valence-corrected chi connectivity index (χ3v) is 4.31. The van der Waals surface area contributed by atoms with Crippen LogP contribution >= 0.6 is 24.0 Å². The van der Waals surface area contributed by atoms with Gasteiger partial charge in [0.25, 0.3) is 0 Å². The summed E-state index contributed by atoms with van der Waals surface area (Å²) in [5.41, 5.74) is 1.25. The maximum atomic E-state index is 5.49. The number of benzene rings is 1. The molecule has 26 heavy (non-hydrogen) atoms. The quantitative estimate of drug-likeness (QED) is 0.228. The van der Waals surface area contributed by atoms with Gasteiger partial charge in [-0.1, -0.05) is 26.0 Å². The Morgan fingerprint density at radius 3 is 2.27 bits per heavy atom. The molecule has 0 bridgehead atoms. The molecule has 0 saturated heterocycles. The van der Waals surface area contributed by atoms with Gasteiger partial charge in [0, 0.05) is 27.2 Å². The van der Waals surface area contributed by atoms with Gasteiger partial charge >= 0.3 is 0 Å². The lowest BCUT2D eigenvalue weighted by atomic mass is 10.2. The highest BCUT2D eigenvalue weighted by Crippen LogP contribution is 2.13. The molecule has 0 aliphatic carbocycles. The van der Waals surface area contributed by atoms with Crippen molar-refractivity contribution < 1.29 is 4.74 Å². The van der Waals surface area contributed by atoms with Gasteiger partial charge in [-0.25, -0.2) is 0 Å². The molecule has 0 aromatic heterocycles. The van der Waals surface area contributed by atoms with Gasteiger partial charge in [0.05, 0.1) is 6.61 Å². The summed E-state index contributed by atoms with van der Waals surface area (Å²) in [5, 5.41) is 3.46. The zero-order chi connectivity index (χ0) is 18.5. The van der Waals surface area contributed by atoms with Gasteiger partial charge in [-0.2, -0.15) is 0 Å². The van der Waals surface area contributed by atoms with Crippen molar-refractivity contribution in [2.45, 2.75) is 40.2 Å². The molecule has 1 rings (SSSR count). The van der Waals surface area contributed by atoms with Gasteiger partial charge in [-0.3, -0.25) is 4.99 Å². The summed E-state index contributed by atoms with van der Waals surface area (Å²) in [6.45, 7) is 12.4. The molecule has 0 radical (unpaired) electrons. The number of nitrogens with zero attached hydrogens (tertiary/aromatic N) is 3. The van der Waals surface area contributed by atoms with Crippen LogP contribution in [0.15, 0.2) is 29.3 Å². The minimum atomic E-state index is 0. The highest BCUT2D eigenvalue weighted by atomic mass is 127. The average molecular weight is 476 g/mol. The first-order valence-electron chi connectivity index (χ1n) is 9.50. The summed E-state index contributed by atoms with van der Waals surface area (Å²) in [6.07, 6.45) is 2.38. The van der Waals surface area contributed by atoms with E-state index in [-0.39, 0.29) is 24.0 Å². The molecular formula is C20H37IN4O. The number of nitrogens with one attached hydrogen (secondary N) is 1. The lowest BCUT2D eigenvalue weighted by Gasteiger charge is -2.23. The molecule has 0 heterocycles. The number of hydrogen-bond acceptors (Lipinski definition) is 3. The van der Waals surface area contributed by atoms with Crippen LogP contribution in [0.3, 0.4) is 0 Å². The molecule has 150 valence electrons. The minimum absolute atomic E-state index is 0. The molecule has 0 unspecified atom stereocenters. The van der Waals surface area contributed by atoms with Crippen molar-refractivity contribution in [3.05, 3.63) is 29.8 Å². The number of aliphatic imine (C=N–C) groups is 1. The van der Waals surface area contributed by atoms with Crippen LogP contribution in [-0.2, 0) is 6.54 Å². The van der Waals surface area contributed by atoms with E-state index in [0.717, 1.165) is 44.3 Å². The van der Waals surface area contributed by atoms with Gasteiger partial charge in [-0.15, -0.1) is 24.0 Å². The first-order valence-corrected chi connectivity index (χ1v) is 9.50. The van der Waals surface area contributed by atoms with Crippen molar-refractivity contribution in [2.24, 2.45) is 4.99 Å². The van der Waals surface area contributed by atoms with Crippen LogP contribution in [0.5, 0.6) is 5.75 Å². The van der Waals surface area contributed by atoms with Crippen LogP contribution in [0.2, 0.25) is 0 Å². The van der Waals surface area contributed by atoms with Crippen molar-refractivity contribution in [1.29, 1.82) is 0 Å². The second kappa shape index (κ2) is 15.1. The number of guanidine groups is 1. The molecule has 0 aliphatic heterocycles. The lowest BCUT2D eigenvalue weighted by molar-refractivity contribution is 0.297. The van der Waals surface area contributed by atoms with E-state index in [1.807, 2.05) is 26.1 Å². The Morgan fingerprint density at radius 2 is 1.73 bits per heavy atom. The predicted molar refractivity (Wildman–Crippen MR) is 123 cm³/mol. The molecular weight excluding hydrogens is 439 g/mol. The van der Waals surface area contributed by atoms with Crippen molar-refractivity contribution in [2.75, 3.05) is 46.9 Å². The van der Waals surface area contributed by atoms with E-state index < -0.39 is 0 Å². The molecule has 0 aliphatic rings. The van der Waals surface area contributed by atoms with Crippen LogP contribution in [0, 0.1) is 0 Å². The summed E-state index contributed by atoms with van der Waals surface area (Å²) >= 11 is 0. The second-order valence-corrected chi connectivity index (χ2v) is 6.14. The SMILES string of the molecule is CCOc1ccc(CN(C)C(=NC)NCCCCN(CC)CC)cc1.I. The molecule has 0 atom stereocenters. The van der Waals surface area contributed by atoms with E-state index in [1.54, 1.807) is 0 Å². The summed E-state index contributed by atoms with van der Waals surface area (Å²) in [7, 11) is 3.91. The summed E-state index contributed by atoms with van der Waals surface area (Å²) in [4.78, 5) is 9.01. The summed E-state index contributed by atoms with van der Waals surface area (Å²) in [5.74, 6) is 1.86. The molecule has 6 heteroatoms. The molecule has 1 aromatic carbocycles. The highest BCUT2D eigenvalue weighted by molar-refractivity contribution is 14.0. The summed E-state index contributed by atoms with van der Waals surface area (Å²) in [6, 6.07) is 8.27. The second-order valence-electron chi connectivity index (χ2n) is 6.14. The first kappa shape index (κ1) is 25.0. The van der Waals surface area contributed by atoms with Crippen LogP contribution < -0.4 is 10.1 Å². The van der Waals surface area contributed by atoms with Gasteiger partial charge < -0.3 is 19.9 Å². The first-order chi connectivity index (χ1) is 12.1. The molecule has 5 nitrogen and oxygen atoms in total. The topological polar surface area (TPSA) is 40.1 Å². The van der Waals surface area contributed by atoms with Gasteiger partial charge in [0.1, 0.15) is 5.75 Å². The van der Waals surface area contributed by atoms with Gasteiger partial charge in [0.15, 0.2) is 5.96 Å². The van der Waals surface area contributed by atoms with E-state index in [1.165, 1.54) is 18.5 Å². The Kier molecular flexibility index (Phi) is 14.5. The Hall–Kier alpha value is -1.02. The predicted octanol–water partition coefficient (Wildman–Crippen LogP) is 3.83. The normalized spacial score (nSPS) is 11.2. The smallest absolute Gasteiger partial charge is 0.193 e. The lowest BCUT2D eigenvalue weighted by Crippen LogP contribution is -2.39. The Morgan fingerprint density at radius 1 is 1.08 bits per heavy atom. The highest BCUT2D eigenvalue weighted by Gasteiger charge is 2.06. The number of unbranched alkanes of at least 4 members (excludes halogenated alkanes) is 1. The van der Waals surface area contributed by atoms with Crippen molar-refractivity contribution in [3.63, 3.8) is 0 Å². The standard InChI is InChI=1S/C20H36N4O.HI/c1-6-24(7-2)16-10-9-15-22-20(21-4)23(5)17-18-11-13-19(14-12-18)25-8-3;/h11-14H,6-10,15-17H2,1-5H3,(H,21,22);1H. The fraction of sp³-hybridized carbons (Fsp3) is 0.650. The number of rotatable bonds is 11. The molecule has 0 spiro atoms. The van der Waals surface area contributed by atoms with Crippen molar-refractivity contribution in [3.8, 4) is 5.75 Å². The maximum Gasteiger partial charge on any atom is 0.193 e. The van der Waals surface area contributed by atoms with E-state index in [9.17, 15) is 0 Å². The third-order valence-electron chi connectivity index (χ3n) is 4.31. The minimum Gasteiger partial charge on any atom is -0.494 e. The Bertz CT molecular complexity index is 489. The Labute approximate surface area is 177 Å². The van der Waals surface area contributed by atoms with Crippen LogP contribution in [-0.4, -0.2) is 62.6 Å². The van der Waals surface area contributed by atoms with Crippen LogP contribution in [0.1, 0.15) is 39.2 Å². The molecule has 0 saturated carbocycles. The van der Waals surface area contributed by atoms with E-state index in [4.69, 9.17) is 4.74 Å². The fourth-order valence-corrected chi connectivity index (χ4v) is 2.79. The summed E-state index contributed by atoms with van der Waals surface area (Å²) < 4.78 is 5.49. The molecule has 0 fully saturated rings. The van der Waals surface area contributed by atoms with Crippen molar-refractivity contribution in [1.82, 2.24) is 15.1 Å². The third kappa shape index (κ3) is 9.62.